The molecule has 0 bridgehead atoms. The zero-order valence-corrected chi connectivity index (χ0v) is 25.6. The number of carbonyl (C=O) groups is 3. The Balaban J connectivity index is 1.27. The molecule has 0 unspecified atom stereocenters. The molecule has 0 aromatic rings. The van der Waals surface area contributed by atoms with Gasteiger partial charge in [0.15, 0.2) is 0 Å². The quantitative estimate of drug-likeness (QED) is 0.228. The monoisotopic (exact) mass is 604 g/mol. The van der Waals surface area contributed by atoms with Gasteiger partial charge in [0.05, 0.1) is 24.4 Å². The summed E-state index contributed by atoms with van der Waals surface area (Å²) in [4.78, 5) is 36.9. The van der Waals surface area contributed by atoms with Crippen LogP contribution in [0.4, 0.5) is 0 Å². The second-order valence-electron chi connectivity index (χ2n) is 14.9. The summed E-state index contributed by atoms with van der Waals surface area (Å²) in [6.45, 7) is 10.5. The van der Waals surface area contributed by atoms with E-state index >= 15 is 0 Å². The predicted octanol–water partition coefficient (Wildman–Crippen LogP) is 1.44. The van der Waals surface area contributed by atoms with E-state index in [9.17, 15) is 29.7 Å². The molecule has 11 heteroatoms. The Morgan fingerprint density at radius 3 is 2.40 bits per heavy atom. The lowest BCUT2D eigenvalue weighted by Gasteiger charge is -2.63. The number of fused-ring (bicyclic) bond motifs is 9. The van der Waals surface area contributed by atoms with E-state index in [0.29, 0.717) is 24.8 Å². The van der Waals surface area contributed by atoms with E-state index in [1.165, 1.54) is 13.8 Å². The number of cyclic esters (lactones) is 1. The molecule has 0 spiro atoms. The Morgan fingerprint density at radius 1 is 1.07 bits per heavy atom. The molecule has 3 aliphatic heterocycles. The van der Waals surface area contributed by atoms with Crippen LogP contribution in [0.25, 0.3) is 0 Å². The first-order valence-electron chi connectivity index (χ1n) is 15.7. The minimum Gasteiger partial charge on any atom is -0.462 e. The van der Waals surface area contributed by atoms with E-state index in [-0.39, 0.29) is 55.1 Å². The highest BCUT2D eigenvalue weighted by atomic mass is 16.6. The fourth-order valence-corrected chi connectivity index (χ4v) is 10.9. The Morgan fingerprint density at radius 2 is 1.77 bits per heavy atom. The van der Waals surface area contributed by atoms with E-state index in [2.05, 4.69) is 6.92 Å². The second-order valence-corrected chi connectivity index (χ2v) is 14.9. The molecular formula is C32H44O11. The summed E-state index contributed by atoms with van der Waals surface area (Å²) in [5.41, 5.74) is -1.69. The summed E-state index contributed by atoms with van der Waals surface area (Å²) in [6.07, 6.45) is -2.75. The van der Waals surface area contributed by atoms with Crippen LogP contribution in [0.1, 0.15) is 67.2 Å². The van der Waals surface area contributed by atoms with Crippen molar-refractivity contribution in [3.8, 4) is 0 Å². The molecule has 2 saturated heterocycles. The van der Waals surface area contributed by atoms with E-state index in [1.54, 1.807) is 6.92 Å². The lowest BCUT2D eigenvalue weighted by Crippen LogP contribution is -2.72. The van der Waals surface area contributed by atoms with Gasteiger partial charge in [-0.05, 0) is 61.3 Å². The van der Waals surface area contributed by atoms with Crippen LogP contribution < -0.4 is 0 Å². The summed E-state index contributed by atoms with van der Waals surface area (Å²) in [5, 5.41) is 35.6. The molecule has 6 fully saturated rings. The van der Waals surface area contributed by atoms with Crippen LogP contribution in [0.5, 0.6) is 0 Å². The van der Waals surface area contributed by atoms with Gasteiger partial charge in [0.1, 0.15) is 36.6 Å². The highest BCUT2D eigenvalue weighted by Gasteiger charge is 2.83. The molecule has 7 aliphatic rings. The lowest BCUT2D eigenvalue weighted by atomic mass is 9.41. The topological polar surface area (TPSA) is 165 Å². The van der Waals surface area contributed by atoms with E-state index in [1.807, 2.05) is 13.8 Å². The van der Waals surface area contributed by atoms with Gasteiger partial charge in [-0.2, -0.15) is 0 Å². The maximum atomic E-state index is 12.6. The minimum atomic E-state index is -1.29. The fourth-order valence-electron chi connectivity index (χ4n) is 10.9. The van der Waals surface area contributed by atoms with Gasteiger partial charge in [-0.1, -0.05) is 20.8 Å². The van der Waals surface area contributed by atoms with Crippen molar-refractivity contribution >= 4 is 17.9 Å². The highest BCUT2D eigenvalue weighted by Crippen LogP contribution is 2.74. The average Bonchev–Trinajstić information content (AvgIpc) is 3.82. The van der Waals surface area contributed by atoms with Gasteiger partial charge in [0, 0.05) is 36.7 Å². The Bertz CT molecular complexity index is 1280. The summed E-state index contributed by atoms with van der Waals surface area (Å²) in [7, 11) is 0. The zero-order valence-electron chi connectivity index (χ0n) is 25.6. The molecule has 238 valence electrons. The third-order valence-electron chi connectivity index (χ3n) is 13.1. The van der Waals surface area contributed by atoms with Gasteiger partial charge in [0.2, 0.25) is 0 Å². The Hall–Kier alpha value is -2.05. The molecule has 0 amide bonds. The van der Waals surface area contributed by atoms with Crippen molar-refractivity contribution in [3.63, 3.8) is 0 Å². The van der Waals surface area contributed by atoms with Gasteiger partial charge < -0.3 is 39.0 Å². The van der Waals surface area contributed by atoms with Crippen LogP contribution in [0.15, 0.2) is 11.1 Å². The summed E-state index contributed by atoms with van der Waals surface area (Å²) in [5.74, 6) is -2.60. The smallest absolute Gasteiger partial charge is 0.334 e. The molecule has 0 radical (unpaired) electrons. The predicted molar refractivity (Wildman–Crippen MR) is 147 cm³/mol. The standard InChI is InChI=1S/C32H44O11/c1-12-16(11-39-29(12)37)7-19(35)13(2)24-20(36)8-17-23-18(9-22(30(17,24)5)40-14(3)33)31(6)27(41-15(4)34)25-21(42-25)10-32(31,38)28-26(23)43-28/h13,17-28,35-36,38H,7-11H2,1-6H3/t13-,17+,18+,19-,20-,21+,22+,23+,24+,25+,26+,27+,28+,30-,31+,32+/m1/s1. The number of epoxide rings is 2. The number of carbonyl (C=O) groups excluding carboxylic acids is 3. The van der Waals surface area contributed by atoms with Gasteiger partial charge in [-0.25, -0.2) is 4.79 Å². The van der Waals surface area contributed by atoms with Crippen LogP contribution in [0.2, 0.25) is 0 Å². The van der Waals surface area contributed by atoms with Gasteiger partial charge >= 0.3 is 17.9 Å². The molecule has 16 atom stereocenters. The van der Waals surface area contributed by atoms with E-state index < -0.39 is 70.7 Å². The van der Waals surface area contributed by atoms with Crippen LogP contribution in [0, 0.1) is 40.4 Å². The number of hydrogen-bond donors (Lipinski definition) is 3. The molecular weight excluding hydrogens is 560 g/mol. The number of ether oxygens (including phenoxy) is 5. The van der Waals surface area contributed by atoms with Crippen molar-refractivity contribution in [2.75, 3.05) is 6.61 Å². The fraction of sp³-hybridized carbons (Fsp3) is 0.844. The summed E-state index contributed by atoms with van der Waals surface area (Å²) in [6, 6.07) is 0. The number of hydrogen-bond acceptors (Lipinski definition) is 11. The number of esters is 3. The first-order valence-corrected chi connectivity index (χ1v) is 15.7. The van der Waals surface area contributed by atoms with Crippen LogP contribution >= 0.6 is 0 Å². The van der Waals surface area contributed by atoms with Gasteiger partial charge in [-0.15, -0.1) is 0 Å². The first-order chi connectivity index (χ1) is 20.1. The van der Waals surface area contributed by atoms with Crippen molar-refractivity contribution in [1.82, 2.24) is 0 Å². The maximum absolute atomic E-state index is 12.6. The molecule has 0 aromatic heterocycles. The molecule has 43 heavy (non-hydrogen) atoms. The largest absolute Gasteiger partial charge is 0.462 e. The van der Waals surface area contributed by atoms with E-state index in [4.69, 9.17) is 23.7 Å². The minimum absolute atomic E-state index is 0.102. The third kappa shape index (κ3) is 3.93. The molecule has 3 heterocycles. The van der Waals surface area contributed by atoms with Crippen LogP contribution in [0.3, 0.4) is 0 Å². The molecule has 3 N–H and O–H groups in total. The Kier molecular flexibility index (Phi) is 6.54. The first kappa shape index (κ1) is 29.6. The molecule has 7 rings (SSSR count). The highest BCUT2D eigenvalue weighted by molar-refractivity contribution is 5.91. The van der Waals surface area contributed by atoms with Crippen LogP contribution in [-0.4, -0.2) is 94.3 Å². The van der Waals surface area contributed by atoms with E-state index in [0.717, 1.165) is 5.57 Å². The maximum Gasteiger partial charge on any atom is 0.334 e. The number of aliphatic hydroxyl groups excluding tert-OH is 2. The van der Waals surface area contributed by atoms with Crippen LogP contribution in [-0.2, 0) is 38.1 Å². The molecule has 0 aromatic carbocycles. The molecule has 11 nitrogen and oxygen atoms in total. The van der Waals surface area contributed by atoms with Crippen molar-refractivity contribution < 1.29 is 53.4 Å². The normalized spacial score (nSPS) is 52.0. The SMILES string of the molecule is CC(=O)O[C@H]1C[C@H]2[C@@H]([C@@H]3O[C@@H]3[C@@]3(O)C[C@@H]4O[C@@H]4[C@H](OC(C)=O)[C@]23C)[C@@H]2C[C@@H](O)[C@H]([C@H](C)[C@H](O)CC3=C(C)C(=O)OC3)[C@@]12C. The zero-order chi connectivity index (χ0) is 31.0. The summed E-state index contributed by atoms with van der Waals surface area (Å²) >= 11 is 0. The number of aliphatic hydroxyl groups is 3. The average molecular weight is 605 g/mol. The lowest BCUT2D eigenvalue weighted by molar-refractivity contribution is -0.250. The van der Waals surface area contributed by atoms with Gasteiger partial charge in [0.25, 0.3) is 0 Å². The molecule has 4 saturated carbocycles. The molecule has 4 aliphatic carbocycles. The van der Waals surface area contributed by atoms with Gasteiger partial charge in [-0.3, -0.25) is 9.59 Å². The summed E-state index contributed by atoms with van der Waals surface area (Å²) < 4.78 is 29.5. The second kappa shape index (κ2) is 9.48. The Labute approximate surface area is 251 Å². The van der Waals surface area contributed by atoms with Crippen molar-refractivity contribution in [1.29, 1.82) is 0 Å². The number of rotatable bonds is 6. The van der Waals surface area contributed by atoms with Crippen molar-refractivity contribution in [3.05, 3.63) is 11.1 Å². The van der Waals surface area contributed by atoms with Crippen molar-refractivity contribution in [2.45, 2.75) is 122 Å². The third-order valence-corrected chi connectivity index (χ3v) is 13.1. The van der Waals surface area contributed by atoms with Crippen molar-refractivity contribution in [2.24, 2.45) is 40.4 Å².